The third kappa shape index (κ3) is 3.29. The number of ether oxygens (including phenoxy) is 2. The van der Waals surface area contributed by atoms with E-state index in [1.54, 1.807) is 0 Å². The molecule has 0 amide bonds. The van der Waals surface area contributed by atoms with E-state index >= 15 is 0 Å². The van der Waals surface area contributed by atoms with Crippen LogP contribution in [0.15, 0.2) is 0 Å². The van der Waals surface area contributed by atoms with Gasteiger partial charge in [0.2, 0.25) is 6.29 Å². The van der Waals surface area contributed by atoms with Gasteiger partial charge in [0.25, 0.3) is 0 Å². The Labute approximate surface area is 121 Å². The smallest absolute Gasteiger partial charge is 0.218 e. The summed E-state index contributed by atoms with van der Waals surface area (Å²) in [7, 11) is 2.88. The molecule has 2 fully saturated rings. The summed E-state index contributed by atoms with van der Waals surface area (Å²) in [6.45, 7) is 0. The minimum absolute atomic E-state index is 0.0902. The van der Waals surface area contributed by atoms with Gasteiger partial charge in [-0.1, -0.05) is 25.7 Å². The molecule has 0 saturated heterocycles. The summed E-state index contributed by atoms with van der Waals surface area (Å²) in [6.07, 6.45) is 7.72. The third-order valence-electron chi connectivity index (χ3n) is 4.94. The highest BCUT2D eigenvalue weighted by Gasteiger charge is 2.41. The van der Waals surface area contributed by atoms with Crippen LogP contribution in [0.5, 0.6) is 0 Å². The summed E-state index contributed by atoms with van der Waals surface area (Å²) in [5.74, 6) is 0.0242. The third-order valence-corrected chi connectivity index (χ3v) is 4.94. The van der Waals surface area contributed by atoms with Crippen molar-refractivity contribution in [1.82, 2.24) is 0 Å². The predicted octanol–water partition coefficient (Wildman–Crippen LogP) is 2.74. The van der Waals surface area contributed by atoms with Crippen LogP contribution in [0.25, 0.3) is 0 Å². The first-order chi connectivity index (χ1) is 9.69. The van der Waals surface area contributed by atoms with Crippen LogP contribution < -0.4 is 0 Å². The van der Waals surface area contributed by atoms with Crippen LogP contribution in [0.4, 0.5) is 0 Å². The van der Waals surface area contributed by atoms with Crippen molar-refractivity contribution in [1.29, 1.82) is 0 Å². The average Bonchev–Trinajstić information content (AvgIpc) is 2.49. The number of rotatable bonds is 5. The minimum Gasteiger partial charge on any atom is -0.349 e. The molecule has 2 rings (SSSR count). The van der Waals surface area contributed by atoms with Crippen molar-refractivity contribution >= 4 is 11.6 Å². The zero-order valence-electron chi connectivity index (χ0n) is 12.6. The maximum atomic E-state index is 12.7. The Morgan fingerprint density at radius 2 is 1.65 bits per heavy atom. The Kier molecular flexibility index (Phi) is 5.73. The number of carbonyl (C=O) groups is 2. The van der Waals surface area contributed by atoms with Crippen LogP contribution in [0.1, 0.15) is 51.4 Å². The van der Waals surface area contributed by atoms with Crippen molar-refractivity contribution in [2.24, 2.45) is 17.8 Å². The normalized spacial score (nSPS) is 28.9. The number of hydrogen-bond acceptors (Lipinski definition) is 4. The van der Waals surface area contributed by atoms with E-state index in [1.165, 1.54) is 33.5 Å². The molecule has 4 nitrogen and oxygen atoms in total. The fraction of sp³-hybridized carbons (Fsp3) is 0.875. The standard InChI is InChI=1S/C16H26O4/c1-19-16(20-2)15(18)13-10-6-9-12(14(13)17)11-7-4-3-5-8-11/h11-13,16H,3-10H2,1-2H3/t12-,13+/m0/s1. The van der Waals surface area contributed by atoms with Crippen LogP contribution >= 0.6 is 0 Å². The zero-order chi connectivity index (χ0) is 14.5. The van der Waals surface area contributed by atoms with Gasteiger partial charge in [-0.25, -0.2) is 0 Å². The maximum absolute atomic E-state index is 12.7. The maximum Gasteiger partial charge on any atom is 0.218 e. The van der Waals surface area contributed by atoms with Gasteiger partial charge in [0.1, 0.15) is 5.78 Å². The van der Waals surface area contributed by atoms with Crippen molar-refractivity contribution < 1.29 is 19.1 Å². The summed E-state index contributed by atoms with van der Waals surface area (Å²) in [5.41, 5.74) is 0. The lowest BCUT2D eigenvalue weighted by Crippen LogP contribution is -2.42. The largest absolute Gasteiger partial charge is 0.349 e. The Morgan fingerprint density at radius 3 is 2.25 bits per heavy atom. The van der Waals surface area contributed by atoms with E-state index in [0.29, 0.717) is 12.3 Å². The van der Waals surface area contributed by atoms with E-state index in [9.17, 15) is 9.59 Å². The Morgan fingerprint density at radius 1 is 1.00 bits per heavy atom. The van der Waals surface area contributed by atoms with E-state index < -0.39 is 12.2 Å². The predicted molar refractivity (Wildman–Crippen MR) is 75.2 cm³/mol. The van der Waals surface area contributed by atoms with Gasteiger partial charge in [-0.3, -0.25) is 9.59 Å². The van der Waals surface area contributed by atoms with Crippen molar-refractivity contribution in [2.45, 2.75) is 57.7 Å². The second-order valence-corrected chi connectivity index (χ2v) is 6.10. The van der Waals surface area contributed by atoms with E-state index in [1.807, 2.05) is 0 Å². The lowest BCUT2D eigenvalue weighted by molar-refractivity contribution is -0.165. The Bertz CT molecular complexity index is 342. The van der Waals surface area contributed by atoms with E-state index in [4.69, 9.17) is 9.47 Å². The number of carbonyl (C=O) groups excluding carboxylic acids is 2. The minimum atomic E-state index is -0.894. The summed E-state index contributed by atoms with van der Waals surface area (Å²) >= 11 is 0. The van der Waals surface area contributed by atoms with Crippen molar-refractivity contribution in [3.05, 3.63) is 0 Å². The second kappa shape index (κ2) is 7.32. The van der Waals surface area contributed by atoms with Gasteiger partial charge in [0.15, 0.2) is 5.78 Å². The Hall–Kier alpha value is -0.740. The highest BCUT2D eigenvalue weighted by molar-refractivity contribution is 6.05. The number of ketones is 2. The van der Waals surface area contributed by atoms with E-state index in [-0.39, 0.29) is 17.5 Å². The molecule has 0 spiro atoms. The molecule has 0 unspecified atom stereocenters. The Balaban J connectivity index is 2.04. The zero-order valence-corrected chi connectivity index (χ0v) is 12.6. The van der Waals surface area contributed by atoms with Crippen molar-refractivity contribution in [3.63, 3.8) is 0 Å². The van der Waals surface area contributed by atoms with E-state index in [0.717, 1.165) is 25.7 Å². The molecule has 0 aromatic heterocycles. The van der Waals surface area contributed by atoms with E-state index in [2.05, 4.69) is 0 Å². The molecule has 0 aromatic carbocycles. The van der Waals surface area contributed by atoms with Gasteiger partial charge in [0.05, 0.1) is 5.92 Å². The molecule has 20 heavy (non-hydrogen) atoms. The number of Topliss-reactive ketones (excluding diaryl/α,β-unsaturated/α-hetero) is 2. The van der Waals surface area contributed by atoms with Crippen LogP contribution in [-0.4, -0.2) is 32.1 Å². The molecule has 0 heterocycles. The highest BCUT2D eigenvalue weighted by Crippen LogP contribution is 2.38. The molecule has 4 heteroatoms. The molecule has 114 valence electrons. The fourth-order valence-corrected chi connectivity index (χ4v) is 3.86. The van der Waals surface area contributed by atoms with Crippen LogP contribution in [0, 0.1) is 17.8 Å². The molecule has 2 saturated carbocycles. The molecule has 2 aliphatic rings. The SMILES string of the molecule is COC(OC)C(=O)[C@@H]1CCC[C@@H](C2CCCCC2)C1=O. The monoisotopic (exact) mass is 282 g/mol. The first-order valence-corrected chi connectivity index (χ1v) is 7.82. The summed E-state index contributed by atoms with van der Waals surface area (Å²) in [5, 5.41) is 0. The van der Waals surface area contributed by atoms with Gasteiger partial charge in [-0.2, -0.15) is 0 Å². The first kappa shape index (κ1) is 15.6. The molecular weight excluding hydrogens is 256 g/mol. The van der Waals surface area contributed by atoms with Crippen molar-refractivity contribution in [3.8, 4) is 0 Å². The first-order valence-electron chi connectivity index (χ1n) is 7.82. The topological polar surface area (TPSA) is 52.6 Å². The van der Waals surface area contributed by atoms with Gasteiger partial charge in [0, 0.05) is 20.1 Å². The summed E-state index contributed by atoms with van der Waals surface area (Å²) in [4.78, 5) is 25.0. The quantitative estimate of drug-likeness (QED) is 0.574. The van der Waals surface area contributed by atoms with Gasteiger partial charge in [-0.15, -0.1) is 0 Å². The fourth-order valence-electron chi connectivity index (χ4n) is 3.86. The van der Waals surface area contributed by atoms with Gasteiger partial charge in [-0.05, 0) is 31.6 Å². The molecule has 0 radical (unpaired) electrons. The molecule has 0 N–H and O–H groups in total. The van der Waals surface area contributed by atoms with Crippen LogP contribution in [0.3, 0.4) is 0 Å². The number of methoxy groups -OCH3 is 2. The summed E-state index contributed by atoms with van der Waals surface area (Å²) < 4.78 is 10.0. The highest BCUT2D eigenvalue weighted by atomic mass is 16.7. The number of hydrogen-bond donors (Lipinski definition) is 0. The lowest BCUT2D eigenvalue weighted by atomic mass is 9.68. The second-order valence-electron chi connectivity index (χ2n) is 6.10. The van der Waals surface area contributed by atoms with Crippen molar-refractivity contribution in [2.75, 3.05) is 14.2 Å². The van der Waals surface area contributed by atoms with Crippen LogP contribution in [-0.2, 0) is 19.1 Å². The molecular formula is C16H26O4. The molecule has 0 bridgehead atoms. The van der Waals surface area contributed by atoms with Gasteiger partial charge >= 0.3 is 0 Å². The molecule has 0 aromatic rings. The summed E-state index contributed by atoms with van der Waals surface area (Å²) in [6, 6.07) is 0. The average molecular weight is 282 g/mol. The molecule has 2 aliphatic carbocycles. The van der Waals surface area contributed by atoms with Gasteiger partial charge < -0.3 is 9.47 Å². The molecule has 2 atom stereocenters. The molecule has 0 aliphatic heterocycles. The van der Waals surface area contributed by atoms with Crippen LogP contribution in [0.2, 0.25) is 0 Å². The lowest BCUT2D eigenvalue weighted by Gasteiger charge is -2.35.